The molecule has 1 aromatic carbocycles. The number of anilines is 1. The standard InChI is InChI=1S/C14H19N3O/c1-10-13(15-8-14(2,3)9-18)17-12-7-5-4-6-11(12)16-10/h4-7,18H,8-9H2,1-3H3,(H,15,17). The van der Waals surface area contributed by atoms with Gasteiger partial charge in [-0.05, 0) is 19.1 Å². The summed E-state index contributed by atoms with van der Waals surface area (Å²) in [6.07, 6.45) is 0. The number of fused-ring (bicyclic) bond motifs is 1. The summed E-state index contributed by atoms with van der Waals surface area (Å²) in [5.74, 6) is 0.787. The Labute approximate surface area is 107 Å². The van der Waals surface area contributed by atoms with Gasteiger partial charge in [-0.25, -0.2) is 9.97 Å². The first-order valence-corrected chi connectivity index (χ1v) is 6.10. The molecule has 0 aliphatic carbocycles. The molecule has 0 aliphatic heterocycles. The highest BCUT2D eigenvalue weighted by Crippen LogP contribution is 2.19. The predicted octanol–water partition coefficient (Wildman–Crippen LogP) is 2.37. The van der Waals surface area contributed by atoms with Crippen LogP contribution in [0.15, 0.2) is 24.3 Å². The maximum atomic E-state index is 9.24. The van der Waals surface area contributed by atoms with Crippen molar-refractivity contribution in [2.75, 3.05) is 18.5 Å². The van der Waals surface area contributed by atoms with Crippen LogP contribution in [-0.4, -0.2) is 28.2 Å². The summed E-state index contributed by atoms with van der Waals surface area (Å²) in [5.41, 5.74) is 2.50. The van der Waals surface area contributed by atoms with Crippen LogP contribution in [0.25, 0.3) is 11.0 Å². The maximum Gasteiger partial charge on any atom is 0.148 e. The minimum atomic E-state index is -0.167. The fourth-order valence-electron chi connectivity index (χ4n) is 1.63. The molecule has 0 aliphatic rings. The van der Waals surface area contributed by atoms with Crippen molar-refractivity contribution in [2.45, 2.75) is 20.8 Å². The van der Waals surface area contributed by atoms with Crippen LogP contribution in [0.1, 0.15) is 19.5 Å². The molecule has 0 unspecified atom stereocenters. The highest BCUT2D eigenvalue weighted by Gasteiger charge is 2.17. The van der Waals surface area contributed by atoms with Crippen molar-refractivity contribution in [3.63, 3.8) is 0 Å². The summed E-state index contributed by atoms with van der Waals surface area (Å²) in [6.45, 7) is 6.75. The molecule has 2 aromatic rings. The maximum absolute atomic E-state index is 9.24. The van der Waals surface area contributed by atoms with Gasteiger partial charge in [0.15, 0.2) is 0 Å². The van der Waals surface area contributed by atoms with Crippen LogP contribution in [0, 0.1) is 12.3 Å². The van der Waals surface area contributed by atoms with E-state index in [9.17, 15) is 5.11 Å². The highest BCUT2D eigenvalue weighted by molar-refractivity contribution is 5.76. The number of hydrogen-bond acceptors (Lipinski definition) is 4. The molecule has 0 saturated carbocycles. The van der Waals surface area contributed by atoms with E-state index >= 15 is 0 Å². The number of aliphatic hydroxyl groups excluding tert-OH is 1. The molecule has 18 heavy (non-hydrogen) atoms. The average Bonchev–Trinajstić information content (AvgIpc) is 2.36. The molecule has 0 fully saturated rings. The van der Waals surface area contributed by atoms with E-state index in [1.54, 1.807) is 0 Å². The summed E-state index contributed by atoms with van der Waals surface area (Å²) in [4.78, 5) is 9.07. The summed E-state index contributed by atoms with van der Waals surface area (Å²) in [6, 6.07) is 7.81. The number of aryl methyl sites for hydroxylation is 1. The summed E-state index contributed by atoms with van der Waals surface area (Å²) < 4.78 is 0. The second-order valence-corrected chi connectivity index (χ2v) is 5.32. The van der Waals surface area contributed by atoms with E-state index in [0.717, 1.165) is 22.5 Å². The van der Waals surface area contributed by atoms with E-state index in [1.165, 1.54) is 0 Å². The van der Waals surface area contributed by atoms with Gasteiger partial charge in [-0.1, -0.05) is 26.0 Å². The number of hydrogen-bond donors (Lipinski definition) is 2. The molecule has 2 rings (SSSR count). The molecule has 0 atom stereocenters. The van der Waals surface area contributed by atoms with Gasteiger partial charge >= 0.3 is 0 Å². The molecule has 0 spiro atoms. The Balaban J connectivity index is 2.25. The predicted molar refractivity (Wildman–Crippen MR) is 73.6 cm³/mol. The topological polar surface area (TPSA) is 58.0 Å². The van der Waals surface area contributed by atoms with Gasteiger partial charge in [0.1, 0.15) is 5.82 Å². The first-order chi connectivity index (χ1) is 8.52. The van der Waals surface area contributed by atoms with Crippen molar-refractivity contribution in [2.24, 2.45) is 5.41 Å². The molecule has 96 valence electrons. The second kappa shape index (κ2) is 4.90. The first kappa shape index (κ1) is 12.8. The monoisotopic (exact) mass is 245 g/mol. The number of aliphatic hydroxyl groups is 1. The van der Waals surface area contributed by atoms with E-state index in [2.05, 4.69) is 15.3 Å². The number of para-hydroxylation sites is 2. The molecule has 2 N–H and O–H groups in total. The van der Waals surface area contributed by atoms with Crippen LogP contribution in [0.2, 0.25) is 0 Å². The minimum Gasteiger partial charge on any atom is -0.396 e. The Kier molecular flexibility index (Phi) is 3.48. The second-order valence-electron chi connectivity index (χ2n) is 5.32. The molecule has 0 bridgehead atoms. The van der Waals surface area contributed by atoms with Gasteiger partial charge in [0, 0.05) is 18.6 Å². The van der Waals surface area contributed by atoms with Gasteiger partial charge in [-0.3, -0.25) is 0 Å². The van der Waals surface area contributed by atoms with E-state index in [-0.39, 0.29) is 12.0 Å². The van der Waals surface area contributed by atoms with Gasteiger partial charge in [0.25, 0.3) is 0 Å². The Morgan fingerprint density at radius 3 is 2.39 bits per heavy atom. The SMILES string of the molecule is Cc1nc2ccccc2nc1NCC(C)(C)CO. The lowest BCUT2D eigenvalue weighted by atomic mass is 9.95. The molecule has 4 nitrogen and oxygen atoms in total. The summed E-state index contributed by atoms with van der Waals surface area (Å²) in [5, 5.41) is 12.5. The number of rotatable bonds is 4. The largest absolute Gasteiger partial charge is 0.396 e. The zero-order valence-corrected chi connectivity index (χ0v) is 11.1. The molecule has 0 amide bonds. The van der Waals surface area contributed by atoms with Gasteiger partial charge in [-0.2, -0.15) is 0 Å². The van der Waals surface area contributed by atoms with Crippen LogP contribution < -0.4 is 5.32 Å². The fraction of sp³-hybridized carbons (Fsp3) is 0.429. The third-order valence-corrected chi connectivity index (χ3v) is 2.91. The average molecular weight is 245 g/mol. The lowest BCUT2D eigenvalue weighted by Crippen LogP contribution is -2.27. The van der Waals surface area contributed by atoms with Crippen LogP contribution in [0.3, 0.4) is 0 Å². The minimum absolute atomic E-state index is 0.139. The molecule has 0 saturated heterocycles. The number of benzene rings is 1. The number of nitrogens with one attached hydrogen (secondary N) is 1. The lowest BCUT2D eigenvalue weighted by molar-refractivity contribution is 0.170. The third-order valence-electron chi connectivity index (χ3n) is 2.91. The van der Waals surface area contributed by atoms with Crippen LogP contribution >= 0.6 is 0 Å². The Hall–Kier alpha value is -1.68. The zero-order chi connectivity index (χ0) is 13.2. The van der Waals surface area contributed by atoms with Gasteiger partial charge in [0.2, 0.25) is 0 Å². The quantitative estimate of drug-likeness (QED) is 0.868. The lowest BCUT2D eigenvalue weighted by Gasteiger charge is -2.22. The van der Waals surface area contributed by atoms with Crippen molar-refractivity contribution in [1.29, 1.82) is 0 Å². The fourth-order valence-corrected chi connectivity index (χ4v) is 1.63. The first-order valence-electron chi connectivity index (χ1n) is 6.10. The van der Waals surface area contributed by atoms with E-state index in [1.807, 2.05) is 45.0 Å². The highest BCUT2D eigenvalue weighted by atomic mass is 16.3. The molecule has 4 heteroatoms. The van der Waals surface area contributed by atoms with Gasteiger partial charge in [0.05, 0.1) is 16.7 Å². The Morgan fingerprint density at radius 2 is 1.78 bits per heavy atom. The zero-order valence-electron chi connectivity index (χ0n) is 11.1. The Bertz CT molecular complexity index is 552. The normalized spacial score (nSPS) is 11.8. The van der Waals surface area contributed by atoms with Crippen molar-refractivity contribution in [3.8, 4) is 0 Å². The van der Waals surface area contributed by atoms with E-state index in [0.29, 0.717) is 6.54 Å². The van der Waals surface area contributed by atoms with Crippen molar-refractivity contribution < 1.29 is 5.11 Å². The van der Waals surface area contributed by atoms with Gasteiger partial charge in [-0.15, -0.1) is 0 Å². The van der Waals surface area contributed by atoms with E-state index in [4.69, 9.17) is 0 Å². The molecule has 0 radical (unpaired) electrons. The van der Waals surface area contributed by atoms with Crippen LogP contribution in [0.5, 0.6) is 0 Å². The third kappa shape index (κ3) is 2.76. The summed E-state index contributed by atoms with van der Waals surface area (Å²) >= 11 is 0. The van der Waals surface area contributed by atoms with Crippen LogP contribution in [0.4, 0.5) is 5.82 Å². The van der Waals surface area contributed by atoms with Crippen molar-refractivity contribution >= 4 is 16.9 Å². The molecular weight excluding hydrogens is 226 g/mol. The van der Waals surface area contributed by atoms with Crippen molar-refractivity contribution in [1.82, 2.24) is 9.97 Å². The number of nitrogens with zero attached hydrogens (tertiary/aromatic N) is 2. The smallest absolute Gasteiger partial charge is 0.148 e. The van der Waals surface area contributed by atoms with Crippen LogP contribution in [-0.2, 0) is 0 Å². The van der Waals surface area contributed by atoms with E-state index < -0.39 is 0 Å². The van der Waals surface area contributed by atoms with Crippen molar-refractivity contribution in [3.05, 3.63) is 30.0 Å². The molecular formula is C14H19N3O. The molecule has 1 aromatic heterocycles. The summed E-state index contributed by atoms with van der Waals surface area (Å²) in [7, 11) is 0. The number of aromatic nitrogens is 2. The Morgan fingerprint density at radius 1 is 1.17 bits per heavy atom. The van der Waals surface area contributed by atoms with Gasteiger partial charge < -0.3 is 10.4 Å². The molecule has 1 heterocycles.